The molecule has 0 amide bonds. The number of nitrogens with two attached hydrogens (primary N) is 1. The van der Waals surface area contributed by atoms with Crippen molar-refractivity contribution in [3.05, 3.63) is 46.1 Å². The zero-order chi connectivity index (χ0) is 14.3. The van der Waals surface area contributed by atoms with Crippen LogP contribution >= 0.6 is 11.3 Å². The number of nitrogens with zero attached hydrogens (tertiary/aromatic N) is 2. The molecule has 0 bridgehead atoms. The zero-order valence-electron chi connectivity index (χ0n) is 12.1. The fraction of sp³-hybridized carbons (Fsp3) is 0.312. The fourth-order valence-corrected chi connectivity index (χ4v) is 3.44. The summed E-state index contributed by atoms with van der Waals surface area (Å²) >= 11 is 1.69. The quantitative estimate of drug-likeness (QED) is 0.800. The van der Waals surface area contributed by atoms with Gasteiger partial charge in [-0.05, 0) is 44.5 Å². The van der Waals surface area contributed by atoms with Crippen LogP contribution in [0, 0.1) is 20.8 Å². The van der Waals surface area contributed by atoms with Gasteiger partial charge in [-0.25, -0.2) is 4.98 Å². The third-order valence-corrected chi connectivity index (χ3v) is 4.73. The van der Waals surface area contributed by atoms with E-state index in [1.54, 1.807) is 11.3 Å². The predicted molar refractivity (Wildman–Crippen MR) is 85.5 cm³/mol. The second-order valence-electron chi connectivity index (χ2n) is 5.24. The van der Waals surface area contributed by atoms with E-state index in [-0.39, 0.29) is 0 Å². The molecule has 0 atom stereocenters. The van der Waals surface area contributed by atoms with Gasteiger partial charge in [0, 0.05) is 23.1 Å². The molecule has 3 rings (SSSR count). The molecule has 104 valence electrons. The third-order valence-electron chi connectivity index (χ3n) is 3.79. The first-order valence-corrected chi connectivity index (χ1v) is 7.73. The molecule has 2 heterocycles. The number of aryl methyl sites for hydroxylation is 3. The molecule has 0 spiro atoms. The van der Waals surface area contributed by atoms with Crippen molar-refractivity contribution in [1.29, 1.82) is 0 Å². The second kappa shape index (κ2) is 5.04. The number of hydrogen-bond donors (Lipinski definition) is 1. The Kier molecular flexibility index (Phi) is 3.36. The molecular weight excluding hydrogens is 266 g/mol. The summed E-state index contributed by atoms with van der Waals surface area (Å²) in [6.07, 6.45) is 0.848. The van der Waals surface area contributed by atoms with E-state index in [0.717, 1.165) is 17.1 Å². The minimum Gasteiger partial charge on any atom is -0.330 e. The number of aromatic nitrogens is 2. The molecule has 0 unspecified atom stereocenters. The van der Waals surface area contributed by atoms with Gasteiger partial charge in [-0.3, -0.25) is 4.40 Å². The van der Waals surface area contributed by atoms with Gasteiger partial charge in [0.1, 0.15) is 0 Å². The van der Waals surface area contributed by atoms with Crippen LogP contribution in [0.1, 0.15) is 22.5 Å². The Morgan fingerprint density at radius 1 is 1.20 bits per heavy atom. The van der Waals surface area contributed by atoms with Gasteiger partial charge in [0.25, 0.3) is 0 Å². The Bertz CT molecular complexity index is 767. The summed E-state index contributed by atoms with van der Waals surface area (Å²) in [5.41, 5.74) is 13.1. The molecule has 2 aromatic heterocycles. The number of fused-ring (bicyclic) bond motifs is 1. The van der Waals surface area contributed by atoms with Crippen LogP contribution in [0.3, 0.4) is 0 Å². The number of imidazole rings is 1. The lowest BCUT2D eigenvalue weighted by molar-refractivity contribution is 0.898. The first-order valence-electron chi connectivity index (χ1n) is 6.85. The van der Waals surface area contributed by atoms with Gasteiger partial charge in [0.2, 0.25) is 0 Å². The summed E-state index contributed by atoms with van der Waals surface area (Å²) in [5.74, 6) is 0. The average molecular weight is 285 g/mol. The number of thiazole rings is 1. The first-order chi connectivity index (χ1) is 9.61. The Balaban J connectivity index is 2.23. The maximum atomic E-state index is 5.79. The molecule has 1 aromatic carbocycles. The minimum atomic E-state index is 0.640. The lowest BCUT2D eigenvalue weighted by atomic mass is 10.0. The molecule has 0 aliphatic heterocycles. The lowest BCUT2D eigenvalue weighted by Crippen LogP contribution is -2.06. The van der Waals surface area contributed by atoms with E-state index in [0.29, 0.717) is 6.54 Å². The van der Waals surface area contributed by atoms with Gasteiger partial charge in [-0.1, -0.05) is 12.1 Å². The van der Waals surface area contributed by atoms with E-state index in [1.165, 1.54) is 28.1 Å². The molecule has 3 aromatic rings. The number of hydrogen-bond acceptors (Lipinski definition) is 3. The molecule has 0 radical (unpaired) electrons. The highest BCUT2D eigenvalue weighted by Gasteiger charge is 2.16. The van der Waals surface area contributed by atoms with Crippen molar-refractivity contribution in [2.75, 3.05) is 6.54 Å². The zero-order valence-corrected chi connectivity index (χ0v) is 12.9. The average Bonchev–Trinajstić information content (AvgIpc) is 2.95. The highest BCUT2D eigenvalue weighted by Crippen LogP contribution is 2.29. The highest BCUT2D eigenvalue weighted by atomic mass is 32.1. The van der Waals surface area contributed by atoms with Crippen LogP contribution in [0.25, 0.3) is 16.2 Å². The number of benzene rings is 1. The van der Waals surface area contributed by atoms with Crippen molar-refractivity contribution in [3.8, 4) is 11.3 Å². The van der Waals surface area contributed by atoms with Crippen LogP contribution in [0.15, 0.2) is 23.6 Å². The van der Waals surface area contributed by atoms with Crippen LogP contribution in [0.4, 0.5) is 0 Å². The highest BCUT2D eigenvalue weighted by molar-refractivity contribution is 7.15. The maximum absolute atomic E-state index is 5.79. The summed E-state index contributed by atoms with van der Waals surface area (Å²) in [6.45, 7) is 7.04. The van der Waals surface area contributed by atoms with E-state index in [4.69, 9.17) is 10.7 Å². The monoisotopic (exact) mass is 285 g/mol. The Hall–Kier alpha value is -1.65. The Labute approximate surface area is 123 Å². The predicted octanol–water partition coefficient (Wildman–Crippen LogP) is 3.49. The third kappa shape index (κ3) is 2.05. The molecule has 0 saturated heterocycles. The minimum absolute atomic E-state index is 0.640. The van der Waals surface area contributed by atoms with Gasteiger partial charge in [-0.15, -0.1) is 11.3 Å². The van der Waals surface area contributed by atoms with Crippen molar-refractivity contribution < 1.29 is 0 Å². The molecule has 3 nitrogen and oxygen atoms in total. The maximum Gasteiger partial charge on any atom is 0.194 e. The lowest BCUT2D eigenvalue weighted by Gasteiger charge is -2.06. The molecule has 0 aliphatic rings. The summed E-state index contributed by atoms with van der Waals surface area (Å²) in [5, 5.41) is 2.15. The van der Waals surface area contributed by atoms with Crippen molar-refractivity contribution in [2.24, 2.45) is 5.73 Å². The first kappa shape index (κ1) is 13.3. The molecular formula is C16H19N3S. The Morgan fingerprint density at radius 2 is 2.00 bits per heavy atom. The van der Waals surface area contributed by atoms with Crippen LogP contribution in [0.2, 0.25) is 0 Å². The van der Waals surface area contributed by atoms with Gasteiger partial charge < -0.3 is 5.73 Å². The Morgan fingerprint density at radius 3 is 2.70 bits per heavy atom. The van der Waals surface area contributed by atoms with Crippen LogP contribution < -0.4 is 5.73 Å². The molecule has 0 saturated carbocycles. The summed E-state index contributed by atoms with van der Waals surface area (Å²) in [7, 11) is 0. The summed E-state index contributed by atoms with van der Waals surface area (Å²) in [6, 6.07) is 6.54. The van der Waals surface area contributed by atoms with Gasteiger partial charge >= 0.3 is 0 Å². The van der Waals surface area contributed by atoms with E-state index in [2.05, 4.69) is 48.8 Å². The number of rotatable bonds is 3. The molecule has 20 heavy (non-hydrogen) atoms. The standard InChI is InChI=1S/C16H19N3S/c1-10-4-5-13(8-11(10)2)15-14(6-7-17)19-12(3)9-20-16(19)18-15/h4-5,8-9H,6-7,17H2,1-3H3. The van der Waals surface area contributed by atoms with Gasteiger partial charge in [0.15, 0.2) is 4.96 Å². The van der Waals surface area contributed by atoms with Crippen molar-refractivity contribution in [1.82, 2.24) is 9.38 Å². The molecule has 0 fully saturated rings. The van der Waals surface area contributed by atoms with Crippen LogP contribution in [-0.2, 0) is 6.42 Å². The van der Waals surface area contributed by atoms with E-state index in [1.807, 2.05) is 0 Å². The largest absolute Gasteiger partial charge is 0.330 e. The SMILES string of the molecule is Cc1ccc(-c2nc3scc(C)n3c2CCN)cc1C. The van der Waals surface area contributed by atoms with Gasteiger partial charge in [0.05, 0.1) is 11.4 Å². The van der Waals surface area contributed by atoms with Crippen molar-refractivity contribution >= 4 is 16.3 Å². The van der Waals surface area contributed by atoms with E-state index >= 15 is 0 Å². The smallest absolute Gasteiger partial charge is 0.194 e. The summed E-state index contributed by atoms with van der Waals surface area (Å²) < 4.78 is 2.24. The van der Waals surface area contributed by atoms with Crippen LogP contribution in [0.5, 0.6) is 0 Å². The van der Waals surface area contributed by atoms with E-state index < -0.39 is 0 Å². The summed E-state index contributed by atoms with van der Waals surface area (Å²) in [4.78, 5) is 5.87. The molecule has 4 heteroatoms. The fourth-order valence-electron chi connectivity index (χ4n) is 2.55. The molecule has 0 aliphatic carbocycles. The normalized spacial score (nSPS) is 11.4. The van der Waals surface area contributed by atoms with Gasteiger partial charge in [-0.2, -0.15) is 0 Å². The molecule has 2 N–H and O–H groups in total. The van der Waals surface area contributed by atoms with E-state index in [9.17, 15) is 0 Å². The van der Waals surface area contributed by atoms with Crippen molar-refractivity contribution in [3.63, 3.8) is 0 Å². The van der Waals surface area contributed by atoms with Crippen LogP contribution in [-0.4, -0.2) is 15.9 Å². The second-order valence-corrected chi connectivity index (χ2v) is 6.08. The topological polar surface area (TPSA) is 43.3 Å². The van der Waals surface area contributed by atoms with Crippen molar-refractivity contribution in [2.45, 2.75) is 27.2 Å².